The van der Waals surface area contributed by atoms with Crippen LogP contribution in [-0.2, 0) is 9.53 Å². The number of nitrogens with zero attached hydrogens (tertiary/aromatic N) is 3. The number of pyridine rings is 1. The number of ether oxygens (including phenoxy) is 1. The van der Waals surface area contributed by atoms with E-state index in [0.717, 1.165) is 22.9 Å². The topological polar surface area (TPSA) is 78.1 Å². The molecule has 0 saturated heterocycles. The molecule has 1 atom stereocenters. The third kappa shape index (κ3) is 5.06. The van der Waals surface area contributed by atoms with Crippen LogP contribution in [0, 0.1) is 0 Å². The SMILES string of the molecule is O=C(CSc1nnc(-c2ccc(Cl)cc2)o1)OC(c1ccccc1)c1ccccn1. The lowest BCUT2D eigenvalue weighted by atomic mass is 10.1. The number of halogens is 1. The summed E-state index contributed by atoms with van der Waals surface area (Å²) in [5, 5.41) is 8.89. The van der Waals surface area contributed by atoms with Gasteiger partial charge in [0.2, 0.25) is 5.89 Å². The quantitative estimate of drug-likeness (QED) is 0.290. The lowest BCUT2D eigenvalue weighted by Gasteiger charge is -2.17. The molecule has 0 aliphatic carbocycles. The van der Waals surface area contributed by atoms with E-state index in [4.69, 9.17) is 20.8 Å². The number of thioether (sulfide) groups is 1. The van der Waals surface area contributed by atoms with Crippen LogP contribution < -0.4 is 0 Å². The molecule has 2 heterocycles. The van der Waals surface area contributed by atoms with E-state index in [0.29, 0.717) is 16.6 Å². The molecule has 150 valence electrons. The Balaban J connectivity index is 1.41. The van der Waals surface area contributed by atoms with Crippen LogP contribution in [0.1, 0.15) is 17.4 Å². The highest BCUT2D eigenvalue weighted by molar-refractivity contribution is 7.99. The summed E-state index contributed by atoms with van der Waals surface area (Å²) in [6.07, 6.45) is 1.08. The van der Waals surface area contributed by atoms with Crippen molar-refractivity contribution in [2.75, 3.05) is 5.75 Å². The van der Waals surface area contributed by atoms with Gasteiger partial charge >= 0.3 is 5.97 Å². The lowest BCUT2D eigenvalue weighted by Crippen LogP contribution is -2.15. The Morgan fingerprint density at radius 1 is 1.00 bits per heavy atom. The van der Waals surface area contributed by atoms with E-state index in [9.17, 15) is 4.79 Å². The maximum Gasteiger partial charge on any atom is 0.317 e. The maximum absolute atomic E-state index is 12.5. The predicted molar refractivity (Wildman–Crippen MR) is 114 cm³/mol. The summed E-state index contributed by atoms with van der Waals surface area (Å²) >= 11 is 7.01. The normalized spacial score (nSPS) is 11.8. The van der Waals surface area contributed by atoms with Crippen LogP contribution in [0.5, 0.6) is 0 Å². The third-order valence-corrected chi connectivity index (χ3v) is 5.16. The van der Waals surface area contributed by atoms with E-state index < -0.39 is 12.1 Å². The molecular formula is C22H16ClN3O3S. The average Bonchev–Trinajstić information content (AvgIpc) is 3.27. The first kappa shape index (κ1) is 20.1. The summed E-state index contributed by atoms with van der Waals surface area (Å²) < 4.78 is 11.3. The Kier molecular flexibility index (Phi) is 6.41. The maximum atomic E-state index is 12.5. The standard InChI is InChI=1S/C22H16ClN3O3S/c23-17-11-9-16(10-12-17)21-25-26-22(29-21)30-14-19(27)28-20(15-6-2-1-3-7-15)18-8-4-5-13-24-18/h1-13,20H,14H2. The minimum absolute atomic E-state index is 0.0262. The van der Waals surface area contributed by atoms with Gasteiger partial charge in [0, 0.05) is 16.8 Å². The number of carbonyl (C=O) groups is 1. The Bertz CT molecular complexity index is 1070. The first-order valence-electron chi connectivity index (χ1n) is 9.06. The van der Waals surface area contributed by atoms with Crippen molar-refractivity contribution in [1.82, 2.24) is 15.2 Å². The van der Waals surface area contributed by atoms with Crippen LogP contribution in [0.15, 0.2) is 88.6 Å². The number of carbonyl (C=O) groups excluding carboxylic acids is 1. The molecule has 4 aromatic rings. The van der Waals surface area contributed by atoms with Crippen molar-refractivity contribution in [2.45, 2.75) is 11.3 Å². The Hall–Kier alpha value is -3.16. The van der Waals surface area contributed by atoms with Gasteiger partial charge in [-0.3, -0.25) is 9.78 Å². The Labute approximate surface area is 182 Å². The van der Waals surface area contributed by atoms with Gasteiger partial charge in [-0.25, -0.2) is 0 Å². The van der Waals surface area contributed by atoms with Crippen LogP contribution in [0.2, 0.25) is 5.02 Å². The number of hydrogen-bond acceptors (Lipinski definition) is 7. The summed E-state index contributed by atoms with van der Waals surface area (Å²) in [6, 6.07) is 22.1. The number of hydrogen-bond donors (Lipinski definition) is 0. The fourth-order valence-electron chi connectivity index (χ4n) is 2.72. The van der Waals surface area contributed by atoms with Gasteiger partial charge in [0.05, 0.1) is 5.69 Å². The van der Waals surface area contributed by atoms with E-state index >= 15 is 0 Å². The first-order valence-corrected chi connectivity index (χ1v) is 10.4. The summed E-state index contributed by atoms with van der Waals surface area (Å²) in [7, 11) is 0. The molecule has 6 nitrogen and oxygen atoms in total. The fraction of sp³-hybridized carbons (Fsp3) is 0.0909. The van der Waals surface area contributed by atoms with Gasteiger partial charge in [-0.1, -0.05) is 59.8 Å². The first-order chi connectivity index (χ1) is 14.7. The molecule has 2 aromatic carbocycles. The zero-order valence-corrected chi connectivity index (χ0v) is 17.2. The third-order valence-electron chi connectivity index (χ3n) is 4.12. The van der Waals surface area contributed by atoms with Crippen molar-refractivity contribution in [3.8, 4) is 11.5 Å². The minimum Gasteiger partial charge on any atom is -0.450 e. The highest BCUT2D eigenvalue weighted by Crippen LogP contribution is 2.27. The highest BCUT2D eigenvalue weighted by Gasteiger charge is 2.21. The van der Waals surface area contributed by atoms with Crippen molar-refractivity contribution in [3.05, 3.63) is 95.3 Å². The molecule has 30 heavy (non-hydrogen) atoms. The van der Waals surface area contributed by atoms with Gasteiger partial charge in [0.1, 0.15) is 5.75 Å². The van der Waals surface area contributed by atoms with Crippen LogP contribution >= 0.6 is 23.4 Å². The molecule has 0 amide bonds. The van der Waals surface area contributed by atoms with Crippen molar-refractivity contribution in [3.63, 3.8) is 0 Å². The number of benzene rings is 2. The zero-order valence-electron chi connectivity index (χ0n) is 15.6. The summed E-state index contributed by atoms with van der Waals surface area (Å²) in [4.78, 5) is 16.8. The molecule has 0 aliphatic rings. The van der Waals surface area contributed by atoms with Crippen LogP contribution in [-0.4, -0.2) is 26.9 Å². The summed E-state index contributed by atoms with van der Waals surface area (Å²) in [5.74, 6) is -0.0257. The van der Waals surface area contributed by atoms with E-state index in [1.165, 1.54) is 0 Å². The van der Waals surface area contributed by atoms with Gasteiger partial charge < -0.3 is 9.15 Å². The Morgan fingerprint density at radius 2 is 1.77 bits per heavy atom. The fourth-order valence-corrected chi connectivity index (χ4v) is 3.39. The Morgan fingerprint density at radius 3 is 2.50 bits per heavy atom. The molecular weight excluding hydrogens is 422 g/mol. The monoisotopic (exact) mass is 437 g/mol. The second-order valence-corrected chi connectivity index (χ2v) is 7.57. The van der Waals surface area contributed by atoms with E-state index in [1.54, 1.807) is 30.5 Å². The van der Waals surface area contributed by atoms with Crippen molar-refractivity contribution in [1.29, 1.82) is 0 Å². The molecule has 0 N–H and O–H groups in total. The molecule has 0 fully saturated rings. The molecule has 0 spiro atoms. The van der Waals surface area contributed by atoms with E-state index in [2.05, 4.69) is 15.2 Å². The molecule has 0 bridgehead atoms. The van der Waals surface area contributed by atoms with Gasteiger partial charge in [0.25, 0.3) is 5.22 Å². The van der Waals surface area contributed by atoms with Gasteiger partial charge in [-0.05, 0) is 42.0 Å². The molecule has 4 rings (SSSR count). The number of rotatable bonds is 7. The molecule has 0 radical (unpaired) electrons. The molecule has 1 unspecified atom stereocenters. The molecule has 2 aromatic heterocycles. The summed E-state index contributed by atoms with van der Waals surface area (Å²) in [6.45, 7) is 0. The molecule has 8 heteroatoms. The van der Waals surface area contributed by atoms with Crippen molar-refractivity contribution in [2.24, 2.45) is 0 Å². The largest absolute Gasteiger partial charge is 0.450 e. The number of esters is 1. The second kappa shape index (κ2) is 9.56. The second-order valence-electron chi connectivity index (χ2n) is 6.20. The minimum atomic E-state index is -0.590. The van der Waals surface area contributed by atoms with Crippen LogP contribution in [0.3, 0.4) is 0 Å². The summed E-state index contributed by atoms with van der Waals surface area (Å²) in [5.41, 5.74) is 2.25. The molecule has 0 saturated carbocycles. The number of aromatic nitrogens is 3. The van der Waals surface area contributed by atoms with Gasteiger partial charge in [-0.2, -0.15) is 0 Å². The smallest absolute Gasteiger partial charge is 0.317 e. The van der Waals surface area contributed by atoms with Crippen molar-refractivity contribution < 1.29 is 13.9 Å². The zero-order chi connectivity index (χ0) is 20.8. The van der Waals surface area contributed by atoms with E-state index in [1.807, 2.05) is 48.5 Å². The van der Waals surface area contributed by atoms with E-state index in [-0.39, 0.29) is 11.0 Å². The average molecular weight is 438 g/mol. The van der Waals surface area contributed by atoms with Crippen LogP contribution in [0.25, 0.3) is 11.5 Å². The van der Waals surface area contributed by atoms with Gasteiger partial charge in [0.15, 0.2) is 6.10 Å². The predicted octanol–water partition coefficient (Wildman–Crippen LogP) is 5.21. The van der Waals surface area contributed by atoms with Gasteiger partial charge in [-0.15, -0.1) is 10.2 Å². The molecule has 0 aliphatic heterocycles. The highest BCUT2D eigenvalue weighted by atomic mass is 35.5. The van der Waals surface area contributed by atoms with Crippen LogP contribution in [0.4, 0.5) is 0 Å². The lowest BCUT2D eigenvalue weighted by molar-refractivity contribution is -0.144. The van der Waals surface area contributed by atoms with Crippen molar-refractivity contribution >= 4 is 29.3 Å².